The number of nitrogens with one attached hydrogen (secondary N) is 1. The number of hydrogen-bond acceptors (Lipinski definition) is 6. The molecular formula is C24H22BrN3O5. The van der Waals surface area contributed by atoms with Crippen molar-refractivity contribution >= 4 is 33.7 Å². The molecule has 3 aromatic rings. The van der Waals surface area contributed by atoms with E-state index in [4.69, 9.17) is 9.47 Å². The van der Waals surface area contributed by atoms with Gasteiger partial charge in [-0.1, -0.05) is 17.7 Å². The monoisotopic (exact) mass is 511 g/mol. The summed E-state index contributed by atoms with van der Waals surface area (Å²) in [6.07, 6.45) is 1.51. The molecule has 3 rings (SSSR count). The van der Waals surface area contributed by atoms with Crippen LogP contribution in [-0.2, 0) is 6.61 Å². The predicted octanol–water partition coefficient (Wildman–Crippen LogP) is 5.41. The SMILES string of the molecule is CCOc1cc(/C=N\NC(=O)c2cccc(C)c2)cc(Br)c1OCc1ccc([N+](=O)[O-])cc1. The van der Waals surface area contributed by atoms with Gasteiger partial charge < -0.3 is 9.47 Å². The van der Waals surface area contributed by atoms with Crippen LogP contribution in [0.1, 0.15) is 34.0 Å². The van der Waals surface area contributed by atoms with Crippen molar-refractivity contribution in [2.24, 2.45) is 5.10 Å². The van der Waals surface area contributed by atoms with Crippen LogP contribution in [0.4, 0.5) is 5.69 Å². The molecule has 0 aromatic heterocycles. The summed E-state index contributed by atoms with van der Waals surface area (Å²) in [4.78, 5) is 22.6. The van der Waals surface area contributed by atoms with Crippen LogP contribution in [0.2, 0.25) is 0 Å². The Morgan fingerprint density at radius 2 is 1.91 bits per heavy atom. The van der Waals surface area contributed by atoms with Gasteiger partial charge in [-0.3, -0.25) is 14.9 Å². The summed E-state index contributed by atoms with van der Waals surface area (Å²) in [7, 11) is 0. The van der Waals surface area contributed by atoms with Crippen LogP contribution in [0.15, 0.2) is 70.2 Å². The van der Waals surface area contributed by atoms with Crippen LogP contribution < -0.4 is 14.9 Å². The number of ether oxygens (including phenoxy) is 2. The average Bonchev–Trinajstić information content (AvgIpc) is 2.79. The second kappa shape index (κ2) is 11.2. The van der Waals surface area contributed by atoms with Gasteiger partial charge in [-0.05, 0) is 77.3 Å². The standard InChI is InChI=1S/C24H22BrN3O5/c1-3-32-22-13-18(14-26-27-24(29)19-6-4-5-16(2)11-19)12-21(25)23(22)33-15-17-7-9-20(10-8-17)28(30)31/h4-14H,3,15H2,1-2H3,(H,27,29)/b26-14-. The number of benzene rings is 3. The van der Waals surface area contributed by atoms with Gasteiger partial charge in [0.1, 0.15) is 6.61 Å². The molecule has 0 bridgehead atoms. The first-order chi connectivity index (χ1) is 15.9. The zero-order valence-corrected chi connectivity index (χ0v) is 19.7. The van der Waals surface area contributed by atoms with Crippen molar-refractivity contribution in [3.8, 4) is 11.5 Å². The number of nitrogens with zero attached hydrogens (tertiary/aromatic N) is 2. The lowest BCUT2D eigenvalue weighted by Gasteiger charge is -2.14. The molecule has 1 N–H and O–H groups in total. The van der Waals surface area contributed by atoms with Crippen LogP contribution in [0.3, 0.4) is 0 Å². The van der Waals surface area contributed by atoms with Crippen molar-refractivity contribution in [3.05, 3.63) is 97.5 Å². The first-order valence-electron chi connectivity index (χ1n) is 10.1. The maximum Gasteiger partial charge on any atom is 0.271 e. The summed E-state index contributed by atoms with van der Waals surface area (Å²) in [6.45, 7) is 4.40. The van der Waals surface area contributed by atoms with Gasteiger partial charge in [0, 0.05) is 17.7 Å². The second-order valence-corrected chi connectivity index (χ2v) is 7.90. The van der Waals surface area contributed by atoms with E-state index in [0.717, 1.165) is 11.1 Å². The van der Waals surface area contributed by atoms with E-state index in [2.05, 4.69) is 26.5 Å². The van der Waals surface area contributed by atoms with E-state index in [1.54, 1.807) is 36.4 Å². The molecule has 0 aliphatic heterocycles. The first-order valence-corrected chi connectivity index (χ1v) is 10.9. The molecule has 0 saturated carbocycles. The molecule has 0 heterocycles. The Kier molecular flexibility index (Phi) is 8.15. The van der Waals surface area contributed by atoms with Crippen LogP contribution in [0.25, 0.3) is 0 Å². The summed E-state index contributed by atoms with van der Waals surface area (Å²) >= 11 is 3.49. The van der Waals surface area contributed by atoms with Crippen molar-refractivity contribution in [2.45, 2.75) is 20.5 Å². The largest absolute Gasteiger partial charge is 0.490 e. The van der Waals surface area contributed by atoms with E-state index in [0.29, 0.717) is 33.7 Å². The van der Waals surface area contributed by atoms with E-state index < -0.39 is 4.92 Å². The number of aryl methyl sites for hydroxylation is 1. The van der Waals surface area contributed by atoms with Gasteiger partial charge in [0.15, 0.2) is 11.5 Å². The summed E-state index contributed by atoms with van der Waals surface area (Å²) in [6, 6.07) is 16.9. The van der Waals surface area contributed by atoms with Gasteiger partial charge in [0.2, 0.25) is 0 Å². The number of nitro groups is 1. The van der Waals surface area contributed by atoms with Gasteiger partial charge in [0.05, 0.1) is 22.2 Å². The van der Waals surface area contributed by atoms with Crippen molar-refractivity contribution in [1.29, 1.82) is 0 Å². The molecule has 0 unspecified atom stereocenters. The quantitative estimate of drug-likeness (QED) is 0.235. The lowest BCUT2D eigenvalue weighted by atomic mass is 10.1. The predicted molar refractivity (Wildman–Crippen MR) is 129 cm³/mol. The number of carbonyl (C=O) groups excluding carboxylic acids is 1. The lowest BCUT2D eigenvalue weighted by Crippen LogP contribution is -2.17. The highest BCUT2D eigenvalue weighted by atomic mass is 79.9. The normalized spacial score (nSPS) is 10.8. The summed E-state index contributed by atoms with van der Waals surface area (Å²) < 4.78 is 12.3. The number of halogens is 1. The number of nitro benzene ring substituents is 1. The molecule has 0 aliphatic rings. The number of amides is 1. The molecule has 0 aliphatic carbocycles. The maximum absolute atomic E-state index is 12.2. The molecule has 170 valence electrons. The minimum atomic E-state index is -0.446. The van der Waals surface area contributed by atoms with Crippen LogP contribution in [0.5, 0.6) is 11.5 Å². The maximum atomic E-state index is 12.2. The smallest absolute Gasteiger partial charge is 0.271 e. The Hall–Kier alpha value is -3.72. The molecule has 0 fully saturated rings. The fraction of sp³-hybridized carbons (Fsp3) is 0.167. The summed E-state index contributed by atoms with van der Waals surface area (Å²) in [5.41, 5.74) is 5.52. The zero-order chi connectivity index (χ0) is 23.8. The number of hydrazone groups is 1. The highest BCUT2D eigenvalue weighted by Crippen LogP contribution is 2.37. The third kappa shape index (κ3) is 6.63. The minimum absolute atomic E-state index is 0.0214. The van der Waals surface area contributed by atoms with E-state index >= 15 is 0 Å². The molecule has 3 aromatic carbocycles. The van der Waals surface area contributed by atoms with Gasteiger partial charge in [-0.2, -0.15) is 5.10 Å². The molecular weight excluding hydrogens is 490 g/mol. The van der Waals surface area contributed by atoms with E-state index in [1.165, 1.54) is 18.3 Å². The fourth-order valence-corrected chi connectivity index (χ4v) is 3.53. The van der Waals surface area contributed by atoms with Crippen LogP contribution in [0, 0.1) is 17.0 Å². The minimum Gasteiger partial charge on any atom is -0.490 e. The fourth-order valence-electron chi connectivity index (χ4n) is 2.95. The molecule has 9 heteroatoms. The lowest BCUT2D eigenvalue weighted by molar-refractivity contribution is -0.384. The molecule has 0 radical (unpaired) electrons. The number of carbonyl (C=O) groups is 1. The third-order valence-corrected chi connectivity index (χ3v) is 5.11. The second-order valence-electron chi connectivity index (χ2n) is 7.04. The number of hydrogen-bond donors (Lipinski definition) is 1. The topological polar surface area (TPSA) is 103 Å². The first kappa shape index (κ1) is 23.9. The van der Waals surface area contributed by atoms with Crippen molar-refractivity contribution < 1.29 is 19.2 Å². The Labute approximate surface area is 199 Å². The molecule has 0 saturated heterocycles. The van der Waals surface area contributed by atoms with Crippen LogP contribution in [-0.4, -0.2) is 23.7 Å². The van der Waals surface area contributed by atoms with E-state index in [1.807, 2.05) is 26.0 Å². The Morgan fingerprint density at radius 3 is 2.58 bits per heavy atom. The van der Waals surface area contributed by atoms with Crippen molar-refractivity contribution in [1.82, 2.24) is 5.43 Å². The van der Waals surface area contributed by atoms with Gasteiger partial charge in [0.25, 0.3) is 11.6 Å². The number of rotatable bonds is 9. The number of non-ortho nitro benzene ring substituents is 1. The Bertz CT molecular complexity index is 1180. The van der Waals surface area contributed by atoms with Crippen molar-refractivity contribution in [3.63, 3.8) is 0 Å². The highest BCUT2D eigenvalue weighted by Gasteiger charge is 2.13. The zero-order valence-electron chi connectivity index (χ0n) is 18.1. The van der Waals surface area contributed by atoms with Gasteiger partial charge in [-0.15, -0.1) is 0 Å². The highest BCUT2D eigenvalue weighted by molar-refractivity contribution is 9.10. The molecule has 8 nitrogen and oxygen atoms in total. The van der Waals surface area contributed by atoms with E-state index in [-0.39, 0.29) is 18.2 Å². The van der Waals surface area contributed by atoms with Gasteiger partial charge >= 0.3 is 0 Å². The third-order valence-electron chi connectivity index (χ3n) is 4.52. The summed E-state index contributed by atoms with van der Waals surface area (Å²) in [5, 5.41) is 14.8. The summed E-state index contributed by atoms with van der Waals surface area (Å²) in [5.74, 6) is 0.693. The molecule has 33 heavy (non-hydrogen) atoms. The van der Waals surface area contributed by atoms with Gasteiger partial charge in [-0.25, -0.2) is 5.43 Å². The Balaban J connectivity index is 1.71. The molecule has 0 atom stereocenters. The molecule has 1 amide bonds. The van der Waals surface area contributed by atoms with Crippen molar-refractivity contribution in [2.75, 3.05) is 6.61 Å². The average molecular weight is 512 g/mol. The van der Waals surface area contributed by atoms with E-state index in [9.17, 15) is 14.9 Å². The van der Waals surface area contributed by atoms with Crippen LogP contribution >= 0.6 is 15.9 Å². The molecule has 0 spiro atoms. The Morgan fingerprint density at radius 1 is 1.15 bits per heavy atom.